The summed E-state index contributed by atoms with van der Waals surface area (Å²) in [4.78, 5) is 12.1. The van der Waals surface area contributed by atoms with Crippen LogP contribution in [0.2, 0.25) is 0 Å². The maximum absolute atomic E-state index is 12.1. The monoisotopic (exact) mass is 264 g/mol. The molecule has 0 amide bonds. The fourth-order valence-electron chi connectivity index (χ4n) is 1.79. The van der Waals surface area contributed by atoms with Crippen LogP contribution >= 0.6 is 0 Å². The number of benzene rings is 1. The number of fused-ring (bicyclic) bond motifs is 1. The zero-order valence-electron chi connectivity index (χ0n) is 11.3. The highest BCUT2D eigenvalue weighted by atomic mass is 16.5. The molecule has 1 aromatic rings. The van der Waals surface area contributed by atoms with Gasteiger partial charge in [0, 0.05) is 17.6 Å². The molecule has 5 heteroatoms. The van der Waals surface area contributed by atoms with Crippen LogP contribution in [-0.4, -0.2) is 42.7 Å². The zero-order valence-corrected chi connectivity index (χ0v) is 11.3. The second kappa shape index (κ2) is 5.59. The molecule has 5 nitrogen and oxygen atoms in total. The lowest BCUT2D eigenvalue weighted by Crippen LogP contribution is -2.45. The van der Waals surface area contributed by atoms with Crippen LogP contribution < -0.4 is 15.4 Å². The van der Waals surface area contributed by atoms with Crippen LogP contribution in [0.1, 0.15) is 24.2 Å². The molecule has 19 heavy (non-hydrogen) atoms. The van der Waals surface area contributed by atoms with E-state index in [-0.39, 0.29) is 18.9 Å². The first-order valence-electron chi connectivity index (χ1n) is 6.42. The minimum atomic E-state index is -0.453. The van der Waals surface area contributed by atoms with Crippen LogP contribution in [0.3, 0.4) is 0 Å². The van der Waals surface area contributed by atoms with Crippen LogP contribution in [-0.2, 0) is 0 Å². The molecule has 0 atom stereocenters. The second-order valence-electron chi connectivity index (χ2n) is 5.30. The van der Waals surface area contributed by atoms with E-state index in [1.807, 2.05) is 26.0 Å². The number of ketones is 1. The van der Waals surface area contributed by atoms with Crippen molar-refractivity contribution < 1.29 is 14.6 Å². The van der Waals surface area contributed by atoms with E-state index < -0.39 is 5.54 Å². The molecule has 0 saturated carbocycles. The molecule has 0 bridgehead atoms. The van der Waals surface area contributed by atoms with Crippen LogP contribution in [0.25, 0.3) is 0 Å². The zero-order chi connectivity index (χ0) is 13.9. The molecule has 104 valence electrons. The third-order valence-electron chi connectivity index (χ3n) is 3.10. The third kappa shape index (κ3) is 3.45. The Morgan fingerprint density at radius 3 is 3.05 bits per heavy atom. The second-order valence-corrected chi connectivity index (χ2v) is 5.30. The number of anilines is 1. The van der Waals surface area contributed by atoms with E-state index >= 15 is 0 Å². The van der Waals surface area contributed by atoms with Gasteiger partial charge in [-0.15, -0.1) is 0 Å². The van der Waals surface area contributed by atoms with Gasteiger partial charge in [-0.05, 0) is 32.0 Å². The van der Waals surface area contributed by atoms with Crippen molar-refractivity contribution in [1.29, 1.82) is 0 Å². The normalized spacial score (nSPS) is 14.3. The molecule has 0 fully saturated rings. The summed E-state index contributed by atoms with van der Waals surface area (Å²) in [6.45, 7) is 5.28. The summed E-state index contributed by atoms with van der Waals surface area (Å²) in [5.41, 5.74) is 1.04. The van der Waals surface area contributed by atoms with Crippen molar-refractivity contribution in [1.82, 2.24) is 5.32 Å². The number of aliphatic hydroxyl groups is 1. The highest BCUT2D eigenvalue weighted by Crippen LogP contribution is 2.28. The average Bonchev–Trinajstić information content (AvgIpc) is 2.44. The number of hydrogen-bond acceptors (Lipinski definition) is 5. The lowest BCUT2D eigenvalue weighted by Gasteiger charge is -2.23. The molecule has 0 aliphatic carbocycles. The molecule has 0 spiro atoms. The Labute approximate surface area is 113 Å². The van der Waals surface area contributed by atoms with E-state index in [0.29, 0.717) is 12.2 Å². The van der Waals surface area contributed by atoms with Gasteiger partial charge >= 0.3 is 0 Å². The van der Waals surface area contributed by atoms with Crippen molar-refractivity contribution in [2.75, 3.05) is 31.6 Å². The first kappa shape index (κ1) is 13.8. The summed E-state index contributed by atoms with van der Waals surface area (Å²) >= 11 is 0. The number of Topliss-reactive ketones (excluding diaryl/α,β-unsaturated/α-hetero) is 1. The number of carbonyl (C=O) groups excluding carboxylic acids is 1. The number of aliphatic hydroxyl groups excluding tert-OH is 1. The predicted octanol–water partition coefficient (Wildman–Crippen LogP) is 1.03. The van der Waals surface area contributed by atoms with Crippen LogP contribution in [0.4, 0.5) is 5.69 Å². The number of rotatable bonds is 5. The molecule has 0 unspecified atom stereocenters. The Balaban J connectivity index is 2.03. The molecular formula is C14H20N2O3. The Morgan fingerprint density at radius 1 is 1.53 bits per heavy atom. The van der Waals surface area contributed by atoms with Gasteiger partial charge in [0.1, 0.15) is 12.4 Å². The van der Waals surface area contributed by atoms with Crippen LogP contribution in [0.15, 0.2) is 18.2 Å². The van der Waals surface area contributed by atoms with Crippen molar-refractivity contribution in [3.05, 3.63) is 23.8 Å². The van der Waals surface area contributed by atoms with E-state index in [4.69, 9.17) is 9.84 Å². The lowest BCUT2D eigenvalue weighted by molar-refractivity contribution is 0.0968. The minimum Gasteiger partial charge on any atom is -0.490 e. The lowest BCUT2D eigenvalue weighted by atomic mass is 10.1. The summed E-state index contributed by atoms with van der Waals surface area (Å²) in [5.74, 6) is 0.781. The maximum Gasteiger partial charge on any atom is 0.176 e. The molecule has 0 radical (unpaired) electrons. The summed E-state index contributed by atoms with van der Waals surface area (Å²) < 4.78 is 5.47. The van der Waals surface area contributed by atoms with Crippen molar-refractivity contribution in [2.24, 2.45) is 0 Å². The van der Waals surface area contributed by atoms with Crippen molar-refractivity contribution in [2.45, 2.75) is 19.4 Å². The summed E-state index contributed by atoms with van der Waals surface area (Å²) in [6, 6.07) is 5.39. The van der Waals surface area contributed by atoms with Gasteiger partial charge in [-0.2, -0.15) is 0 Å². The molecule has 2 rings (SSSR count). The van der Waals surface area contributed by atoms with Gasteiger partial charge in [-0.1, -0.05) is 0 Å². The molecule has 3 N–H and O–H groups in total. The first-order valence-corrected chi connectivity index (χ1v) is 6.42. The summed E-state index contributed by atoms with van der Waals surface area (Å²) in [6.07, 6.45) is 0. The van der Waals surface area contributed by atoms with Crippen LogP contribution in [0, 0.1) is 0 Å². The van der Waals surface area contributed by atoms with E-state index in [1.165, 1.54) is 0 Å². The Bertz CT molecular complexity index is 472. The quantitative estimate of drug-likeness (QED) is 0.693. The molecular weight excluding hydrogens is 244 g/mol. The van der Waals surface area contributed by atoms with Crippen LogP contribution in [0.5, 0.6) is 5.75 Å². The average molecular weight is 264 g/mol. The van der Waals surface area contributed by atoms with E-state index in [1.54, 1.807) is 6.07 Å². The molecule has 0 saturated heterocycles. The smallest absolute Gasteiger partial charge is 0.176 e. The standard InChI is InChI=1S/C14H20N2O3/c1-14(2,9-17)16-8-12(18)10-3-4-13-11(7-10)15-5-6-19-13/h3-4,7,15-17H,5-6,8-9H2,1-2H3. The van der Waals surface area contributed by atoms with Gasteiger partial charge in [0.25, 0.3) is 0 Å². The fourth-order valence-corrected chi connectivity index (χ4v) is 1.79. The largest absolute Gasteiger partial charge is 0.490 e. The molecule has 1 aliphatic rings. The Morgan fingerprint density at radius 2 is 2.32 bits per heavy atom. The minimum absolute atomic E-state index is 0.00306. The maximum atomic E-state index is 12.1. The topological polar surface area (TPSA) is 70.6 Å². The molecule has 1 aromatic carbocycles. The number of ether oxygens (including phenoxy) is 1. The van der Waals surface area contributed by atoms with E-state index in [9.17, 15) is 4.79 Å². The predicted molar refractivity (Wildman–Crippen MR) is 73.9 cm³/mol. The summed E-state index contributed by atoms with van der Waals surface area (Å²) in [5, 5.41) is 15.4. The number of carbonyl (C=O) groups is 1. The van der Waals surface area contributed by atoms with Crippen molar-refractivity contribution in [3.8, 4) is 5.75 Å². The van der Waals surface area contributed by atoms with Crippen molar-refractivity contribution >= 4 is 11.5 Å². The third-order valence-corrected chi connectivity index (χ3v) is 3.10. The Hall–Kier alpha value is -1.59. The molecule has 1 heterocycles. The van der Waals surface area contributed by atoms with E-state index in [0.717, 1.165) is 18.0 Å². The highest BCUT2D eigenvalue weighted by Gasteiger charge is 2.18. The Kier molecular flexibility index (Phi) is 4.07. The number of nitrogens with one attached hydrogen (secondary N) is 2. The highest BCUT2D eigenvalue weighted by molar-refractivity contribution is 5.98. The first-order chi connectivity index (χ1) is 9.02. The van der Waals surface area contributed by atoms with Gasteiger partial charge in [0.05, 0.1) is 18.8 Å². The van der Waals surface area contributed by atoms with Gasteiger partial charge in [0.15, 0.2) is 5.78 Å². The van der Waals surface area contributed by atoms with Gasteiger partial charge in [-0.25, -0.2) is 0 Å². The SMILES string of the molecule is CC(C)(CO)NCC(=O)c1ccc2c(c1)NCCO2. The van der Waals surface area contributed by atoms with Gasteiger partial charge in [-0.3, -0.25) is 4.79 Å². The van der Waals surface area contributed by atoms with Crippen molar-refractivity contribution in [3.63, 3.8) is 0 Å². The van der Waals surface area contributed by atoms with E-state index in [2.05, 4.69) is 10.6 Å². The summed E-state index contributed by atoms with van der Waals surface area (Å²) in [7, 11) is 0. The van der Waals surface area contributed by atoms with Gasteiger partial charge < -0.3 is 20.5 Å². The molecule has 0 aromatic heterocycles. The van der Waals surface area contributed by atoms with Gasteiger partial charge in [0.2, 0.25) is 0 Å². The number of hydrogen-bond donors (Lipinski definition) is 3. The molecule has 1 aliphatic heterocycles. The fraction of sp³-hybridized carbons (Fsp3) is 0.500.